The van der Waals surface area contributed by atoms with Gasteiger partial charge in [-0.15, -0.1) is 0 Å². The Kier molecular flexibility index (Phi) is 2.72. The molecule has 0 bridgehead atoms. The lowest BCUT2D eigenvalue weighted by Crippen LogP contribution is -2.40. The molecule has 23 heavy (non-hydrogen) atoms. The van der Waals surface area contributed by atoms with Gasteiger partial charge in [-0.25, -0.2) is 4.98 Å². The van der Waals surface area contributed by atoms with Crippen molar-refractivity contribution in [2.24, 2.45) is 0 Å². The van der Waals surface area contributed by atoms with Crippen LogP contribution >= 0.6 is 0 Å². The minimum Gasteiger partial charge on any atom is -0.497 e. The van der Waals surface area contributed by atoms with Crippen LogP contribution in [0.2, 0.25) is 0 Å². The minimum atomic E-state index is -0.0259. The van der Waals surface area contributed by atoms with E-state index < -0.39 is 0 Å². The zero-order chi connectivity index (χ0) is 16.4. The van der Waals surface area contributed by atoms with Crippen molar-refractivity contribution in [1.82, 2.24) is 9.55 Å². The third-order valence-electron chi connectivity index (χ3n) is 5.94. The SMILES string of the molecule is COc1ccc2c(c1)-n1cnc3cccc(c31)C(C)(C)C2(C)C. The fraction of sp³-hybridized carbons (Fsp3) is 0.350. The lowest BCUT2D eigenvalue weighted by molar-refractivity contribution is 0.306. The fourth-order valence-electron chi connectivity index (χ4n) is 3.79. The number of hydrogen-bond acceptors (Lipinski definition) is 2. The second kappa shape index (κ2) is 4.38. The number of ether oxygens (including phenoxy) is 1. The summed E-state index contributed by atoms with van der Waals surface area (Å²) in [6.07, 6.45) is 1.93. The van der Waals surface area contributed by atoms with Gasteiger partial charge in [-0.3, -0.25) is 4.57 Å². The topological polar surface area (TPSA) is 27.1 Å². The highest BCUT2D eigenvalue weighted by molar-refractivity contribution is 5.84. The number of aromatic nitrogens is 2. The molecule has 1 aromatic heterocycles. The Morgan fingerprint density at radius 3 is 2.43 bits per heavy atom. The van der Waals surface area contributed by atoms with E-state index in [4.69, 9.17) is 4.74 Å². The van der Waals surface area contributed by atoms with Crippen LogP contribution in [0.15, 0.2) is 42.7 Å². The lowest BCUT2D eigenvalue weighted by atomic mass is 9.61. The molecule has 0 aliphatic carbocycles. The first kappa shape index (κ1) is 14.3. The number of nitrogens with zero attached hydrogens (tertiary/aromatic N) is 2. The van der Waals surface area contributed by atoms with Gasteiger partial charge in [0.2, 0.25) is 0 Å². The standard InChI is InChI=1S/C20H22N2O/c1-19(2)14-10-9-13(23-5)11-17(14)22-12-21-16-8-6-7-15(18(16)22)20(19,3)4/h6-12H,1-5H3. The molecule has 3 nitrogen and oxygen atoms in total. The van der Waals surface area contributed by atoms with E-state index in [2.05, 4.69) is 73.6 Å². The highest BCUT2D eigenvalue weighted by atomic mass is 16.5. The van der Waals surface area contributed by atoms with E-state index in [1.54, 1.807) is 7.11 Å². The van der Waals surface area contributed by atoms with Crippen molar-refractivity contribution in [1.29, 1.82) is 0 Å². The lowest BCUT2D eigenvalue weighted by Gasteiger charge is -2.42. The van der Waals surface area contributed by atoms with Crippen molar-refractivity contribution in [3.63, 3.8) is 0 Å². The molecule has 1 aliphatic rings. The molecule has 4 rings (SSSR count). The predicted molar refractivity (Wildman–Crippen MR) is 93.7 cm³/mol. The Morgan fingerprint density at radius 2 is 1.70 bits per heavy atom. The maximum atomic E-state index is 5.47. The number of benzene rings is 2. The molecule has 0 saturated carbocycles. The average molecular weight is 306 g/mol. The Labute approximate surface area is 136 Å². The van der Waals surface area contributed by atoms with Gasteiger partial charge in [-0.1, -0.05) is 45.9 Å². The molecule has 0 amide bonds. The van der Waals surface area contributed by atoms with Gasteiger partial charge < -0.3 is 4.74 Å². The van der Waals surface area contributed by atoms with Crippen molar-refractivity contribution in [2.75, 3.05) is 7.11 Å². The first-order chi connectivity index (χ1) is 10.9. The molecule has 0 spiro atoms. The van der Waals surface area contributed by atoms with E-state index in [-0.39, 0.29) is 10.8 Å². The van der Waals surface area contributed by atoms with E-state index in [9.17, 15) is 0 Å². The third kappa shape index (κ3) is 1.68. The molecule has 2 heterocycles. The smallest absolute Gasteiger partial charge is 0.120 e. The average Bonchev–Trinajstić information content (AvgIpc) is 2.95. The van der Waals surface area contributed by atoms with E-state index in [0.717, 1.165) is 17.0 Å². The third-order valence-corrected chi connectivity index (χ3v) is 5.94. The second-order valence-electron chi connectivity index (χ2n) is 7.42. The van der Waals surface area contributed by atoms with Crippen LogP contribution in [0.5, 0.6) is 5.75 Å². The Hall–Kier alpha value is -2.29. The number of para-hydroxylation sites is 1. The molecular formula is C20H22N2O. The maximum absolute atomic E-state index is 5.47. The van der Waals surface area contributed by atoms with Crippen LogP contribution in [0.4, 0.5) is 0 Å². The minimum absolute atomic E-state index is 0.0237. The van der Waals surface area contributed by atoms with Crippen molar-refractivity contribution in [3.8, 4) is 11.4 Å². The summed E-state index contributed by atoms with van der Waals surface area (Å²) in [4.78, 5) is 4.62. The monoisotopic (exact) mass is 306 g/mol. The second-order valence-corrected chi connectivity index (χ2v) is 7.42. The van der Waals surface area contributed by atoms with E-state index in [1.807, 2.05) is 6.33 Å². The van der Waals surface area contributed by atoms with Crippen molar-refractivity contribution in [3.05, 3.63) is 53.9 Å². The van der Waals surface area contributed by atoms with Crippen LogP contribution in [0.3, 0.4) is 0 Å². The zero-order valence-corrected chi connectivity index (χ0v) is 14.3. The summed E-state index contributed by atoms with van der Waals surface area (Å²) in [6, 6.07) is 12.8. The van der Waals surface area contributed by atoms with Crippen LogP contribution in [0.1, 0.15) is 38.8 Å². The quantitative estimate of drug-likeness (QED) is 0.657. The first-order valence-electron chi connectivity index (χ1n) is 8.03. The number of imidazole rings is 1. The number of hydrogen-bond donors (Lipinski definition) is 0. The summed E-state index contributed by atoms with van der Waals surface area (Å²) in [5, 5.41) is 0. The van der Waals surface area contributed by atoms with E-state index in [0.29, 0.717) is 0 Å². The first-order valence-corrected chi connectivity index (χ1v) is 8.03. The fourth-order valence-corrected chi connectivity index (χ4v) is 3.79. The summed E-state index contributed by atoms with van der Waals surface area (Å²) in [7, 11) is 1.71. The van der Waals surface area contributed by atoms with Gasteiger partial charge in [-0.2, -0.15) is 0 Å². The summed E-state index contributed by atoms with van der Waals surface area (Å²) >= 11 is 0. The molecular weight excluding hydrogens is 284 g/mol. The number of rotatable bonds is 1. The molecule has 118 valence electrons. The number of fused-ring (bicyclic) bond motifs is 2. The number of methoxy groups -OCH3 is 1. The molecule has 3 aromatic rings. The van der Waals surface area contributed by atoms with Gasteiger partial charge in [0.1, 0.15) is 12.1 Å². The Bertz CT molecular complexity index is 919. The molecule has 1 aliphatic heterocycles. The van der Waals surface area contributed by atoms with Gasteiger partial charge in [0.25, 0.3) is 0 Å². The van der Waals surface area contributed by atoms with Crippen molar-refractivity contribution >= 4 is 11.0 Å². The zero-order valence-electron chi connectivity index (χ0n) is 14.3. The molecule has 2 aromatic carbocycles. The summed E-state index contributed by atoms with van der Waals surface area (Å²) in [5.74, 6) is 0.874. The Morgan fingerprint density at radius 1 is 0.957 bits per heavy atom. The van der Waals surface area contributed by atoms with Crippen molar-refractivity contribution < 1.29 is 4.74 Å². The molecule has 0 saturated heterocycles. The largest absolute Gasteiger partial charge is 0.497 e. The summed E-state index contributed by atoms with van der Waals surface area (Å²) in [6.45, 7) is 9.32. The van der Waals surface area contributed by atoms with Crippen molar-refractivity contribution in [2.45, 2.75) is 38.5 Å². The maximum Gasteiger partial charge on any atom is 0.120 e. The molecule has 0 atom stereocenters. The Balaban J connectivity index is 2.21. The molecule has 3 heteroatoms. The molecule has 0 unspecified atom stereocenters. The van der Waals surface area contributed by atoms with Gasteiger partial charge in [0.15, 0.2) is 0 Å². The molecule has 0 radical (unpaired) electrons. The van der Waals surface area contributed by atoms with Crippen LogP contribution < -0.4 is 4.74 Å². The summed E-state index contributed by atoms with van der Waals surface area (Å²) < 4.78 is 7.69. The molecule has 0 fully saturated rings. The van der Waals surface area contributed by atoms with Crippen LogP contribution in [0.25, 0.3) is 16.7 Å². The predicted octanol–water partition coefficient (Wildman–Crippen LogP) is 4.60. The van der Waals surface area contributed by atoms with Gasteiger partial charge in [0, 0.05) is 16.9 Å². The van der Waals surface area contributed by atoms with E-state index >= 15 is 0 Å². The summed E-state index contributed by atoms with van der Waals surface area (Å²) in [5.41, 5.74) is 6.02. The van der Waals surface area contributed by atoms with Gasteiger partial charge >= 0.3 is 0 Å². The van der Waals surface area contributed by atoms with Crippen LogP contribution in [-0.4, -0.2) is 16.7 Å². The van der Waals surface area contributed by atoms with Crippen LogP contribution in [-0.2, 0) is 10.8 Å². The highest BCUT2D eigenvalue weighted by Crippen LogP contribution is 2.50. The molecule has 0 N–H and O–H groups in total. The van der Waals surface area contributed by atoms with Crippen LogP contribution in [0, 0.1) is 0 Å². The van der Waals surface area contributed by atoms with Gasteiger partial charge in [-0.05, 0) is 23.3 Å². The highest BCUT2D eigenvalue weighted by Gasteiger charge is 2.44. The normalized spacial score (nSPS) is 17.6. The van der Waals surface area contributed by atoms with Gasteiger partial charge in [0.05, 0.1) is 23.8 Å². The van der Waals surface area contributed by atoms with E-state index in [1.165, 1.54) is 16.6 Å².